The maximum atomic E-state index is 12.3. The third-order valence-corrected chi connectivity index (χ3v) is 4.48. The summed E-state index contributed by atoms with van der Waals surface area (Å²) in [4.78, 5) is 21.3. The highest BCUT2D eigenvalue weighted by atomic mass is 16.3. The molecule has 0 N–H and O–H groups in total. The Morgan fingerprint density at radius 2 is 1.83 bits per heavy atom. The lowest BCUT2D eigenvalue weighted by atomic mass is 10.1. The Kier molecular flexibility index (Phi) is 3.69. The van der Waals surface area contributed by atoms with Gasteiger partial charge in [0.1, 0.15) is 11.4 Å². The second-order valence-electron chi connectivity index (χ2n) is 6.10. The Hall–Kier alpha value is -2.82. The average Bonchev–Trinajstić information content (AvgIpc) is 2.62. The first-order chi connectivity index (χ1) is 11.7. The first-order valence-electron chi connectivity index (χ1n) is 8.15. The molecule has 0 radical (unpaired) electrons. The summed E-state index contributed by atoms with van der Waals surface area (Å²) >= 11 is 0. The Morgan fingerprint density at radius 3 is 2.58 bits per heavy atom. The number of aromatic nitrogens is 1. The number of rotatable bonds is 2. The summed E-state index contributed by atoms with van der Waals surface area (Å²) in [5, 5.41) is 0.675. The predicted molar refractivity (Wildman–Crippen MR) is 95.9 cm³/mol. The molecule has 0 unspecified atom stereocenters. The van der Waals surface area contributed by atoms with Gasteiger partial charge in [-0.3, -0.25) is 4.79 Å². The molecule has 3 aromatic rings. The first kappa shape index (κ1) is 14.8. The molecule has 3 heterocycles. The van der Waals surface area contributed by atoms with Gasteiger partial charge < -0.3 is 14.2 Å². The molecular formula is C19H19N3O2. The molecule has 1 aliphatic heterocycles. The normalized spacial score (nSPS) is 15.0. The number of hydrogen-bond donors (Lipinski definition) is 0. The van der Waals surface area contributed by atoms with E-state index in [-0.39, 0.29) is 5.43 Å². The summed E-state index contributed by atoms with van der Waals surface area (Å²) in [6.45, 7) is 5.49. The van der Waals surface area contributed by atoms with Gasteiger partial charge in [-0.15, -0.1) is 0 Å². The zero-order valence-corrected chi connectivity index (χ0v) is 13.6. The van der Waals surface area contributed by atoms with Gasteiger partial charge in [0.05, 0.1) is 17.3 Å². The van der Waals surface area contributed by atoms with Crippen molar-refractivity contribution in [3.05, 3.63) is 64.6 Å². The molecule has 0 aliphatic carbocycles. The van der Waals surface area contributed by atoms with Crippen molar-refractivity contribution in [2.45, 2.75) is 6.92 Å². The van der Waals surface area contributed by atoms with E-state index in [1.807, 2.05) is 37.4 Å². The van der Waals surface area contributed by atoms with Crippen LogP contribution in [0.1, 0.15) is 5.56 Å². The van der Waals surface area contributed by atoms with Crippen LogP contribution in [0.15, 0.2) is 58.1 Å². The van der Waals surface area contributed by atoms with Crippen LogP contribution in [-0.2, 0) is 0 Å². The molecule has 1 aliphatic rings. The fraction of sp³-hybridized carbons (Fsp3) is 0.263. The van der Waals surface area contributed by atoms with Crippen LogP contribution in [0.4, 0.5) is 11.5 Å². The molecule has 122 valence electrons. The first-order valence-corrected chi connectivity index (χ1v) is 8.15. The zero-order chi connectivity index (χ0) is 16.5. The Bertz CT molecular complexity index is 913. The van der Waals surface area contributed by atoms with Gasteiger partial charge in [-0.05, 0) is 36.8 Å². The van der Waals surface area contributed by atoms with Gasteiger partial charge in [0, 0.05) is 38.4 Å². The molecule has 0 atom stereocenters. The summed E-state index contributed by atoms with van der Waals surface area (Å²) in [6.07, 6.45) is 3.29. The lowest BCUT2D eigenvalue weighted by Crippen LogP contribution is -2.47. The highest BCUT2D eigenvalue weighted by Gasteiger charge is 2.21. The molecule has 1 saturated heterocycles. The molecule has 24 heavy (non-hydrogen) atoms. The lowest BCUT2D eigenvalue weighted by molar-refractivity contribution is 0.601. The van der Waals surface area contributed by atoms with E-state index in [0.717, 1.165) is 43.2 Å². The molecule has 5 nitrogen and oxygen atoms in total. The highest BCUT2D eigenvalue weighted by Crippen LogP contribution is 2.27. The molecular weight excluding hydrogens is 302 g/mol. The van der Waals surface area contributed by atoms with Gasteiger partial charge in [-0.2, -0.15) is 0 Å². The second kappa shape index (κ2) is 6.00. The summed E-state index contributed by atoms with van der Waals surface area (Å²) < 4.78 is 5.55. The molecule has 2 aromatic heterocycles. The van der Waals surface area contributed by atoms with E-state index < -0.39 is 0 Å². The SMILES string of the molecule is Cc1cc(N2CCN(c3ccccn3)CC2)c2c(=O)ccoc2c1. The quantitative estimate of drug-likeness (QED) is 0.726. The van der Waals surface area contributed by atoms with E-state index in [4.69, 9.17) is 4.42 Å². The van der Waals surface area contributed by atoms with Crippen molar-refractivity contribution in [1.82, 2.24) is 4.98 Å². The number of nitrogens with zero attached hydrogens (tertiary/aromatic N) is 3. The summed E-state index contributed by atoms with van der Waals surface area (Å²) in [5.41, 5.74) is 2.74. The maximum absolute atomic E-state index is 12.3. The minimum atomic E-state index is 0.0124. The van der Waals surface area contributed by atoms with Crippen LogP contribution in [0.2, 0.25) is 0 Å². The molecule has 0 saturated carbocycles. The van der Waals surface area contributed by atoms with Gasteiger partial charge in [0.15, 0.2) is 5.43 Å². The van der Waals surface area contributed by atoms with Crippen molar-refractivity contribution in [3.63, 3.8) is 0 Å². The predicted octanol–water partition coefficient (Wildman–Crippen LogP) is 2.82. The Balaban J connectivity index is 1.64. The number of aryl methyl sites for hydroxylation is 1. The van der Waals surface area contributed by atoms with E-state index in [9.17, 15) is 4.79 Å². The fourth-order valence-corrected chi connectivity index (χ4v) is 3.29. The standard InChI is InChI=1S/C19H19N3O2/c1-14-12-15(19-16(23)5-11-24-17(19)13-14)21-7-9-22(10-8-21)18-4-2-3-6-20-18/h2-6,11-13H,7-10H2,1H3. The lowest BCUT2D eigenvalue weighted by Gasteiger charge is -2.37. The van der Waals surface area contributed by atoms with Gasteiger partial charge in [0.2, 0.25) is 0 Å². The number of hydrogen-bond acceptors (Lipinski definition) is 5. The van der Waals surface area contributed by atoms with Gasteiger partial charge >= 0.3 is 0 Å². The van der Waals surface area contributed by atoms with Gasteiger partial charge in [-0.25, -0.2) is 4.98 Å². The van der Waals surface area contributed by atoms with Crippen molar-refractivity contribution in [2.24, 2.45) is 0 Å². The van der Waals surface area contributed by atoms with Gasteiger partial charge in [-0.1, -0.05) is 6.07 Å². The van der Waals surface area contributed by atoms with E-state index in [2.05, 4.69) is 20.9 Å². The number of pyridine rings is 1. The number of benzene rings is 1. The third kappa shape index (κ3) is 2.62. The van der Waals surface area contributed by atoms with Crippen molar-refractivity contribution in [1.29, 1.82) is 0 Å². The van der Waals surface area contributed by atoms with E-state index in [0.29, 0.717) is 11.0 Å². The van der Waals surface area contributed by atoms with Crippen LogP contribution in [0.25, 0.3) is 11.0 Å². The largest absolute Gasteiger partial charge is 0.464 e. The van der Waals surface area contributed by atoms with Crippen LogP contribution in [-0.4, -0.2) is 31.2 Å². The Labute approximate surface area is 140 Å². The number of fused-ring (bicyclic) bond motifs is 1. The van der Waals surface area contributed by atoms with Crippen molar-refractivity contribution in [2.75, 3.05) is 36.0 Å². The molecule has 1 fully saturated rings. The summed E-state index contributed by atoms with van der Waals surface area (Å²) in [5.74, 6) is 1.01. The number of piperazine rings is 1. The monoisotopic (exact) mass is 321 g/mol. The van der Waals surface area contributed by atoms with Crippen LogP contribution in [0, 0.1) is 6.92 Å². The molecule has 0 bridgehead atoms. The van der Waals surface area contributed by atoms with Crippen molar-refractivity contribution < 1.29 is 4.42 Å². The van der Waals surface area contributed by atoms with E-state index in [1.54, 1.807) is 0 Å². The molecule has 0 amide bonds. The Morgan fingerprint density at radius 1 is 1.04 bits per heavy atom. The topological polar surface area (TPSA) is 49.6 Å². The number of anilines is 2. The average molecular weight is 321 g/mol. The third-order valence-electron chi connectivity index (χ3n) is 4.48. The molecule has 4 rings (SSSR count). The minimum absolute atomic E-state index is 0.0124. The summed E-state index contributed by atoms with van der Waals surface area (Å²) in [7, 11) is 0. The van der Waals surface area contributed by atoms with Crippen LogP contribution in [0.5, 0.6) is 0 Å². The smallest absolute Gasteiger partial charge is 0.194 e. The minimum Gasteiger partial charge on any atom is -0.464 e. The van der Waals surface area contributed by atoms with Crippen LogP contribution < -0.4 is 15.2 Å². The van der Waals surface area contributed by atoms with Crippen LogP contribution in [0.3, 0.4) is 0 Å². The zero-order valence-electron chi connectivity index (χ0n) is 13.6. The summed E-state index contributed by atoms with van der Waals surface area (Å²) in [6, 6.07) is 11.5. The molecule has 1 aromatic carbocycles. The van der Waals surface area contributed by atoms with E-state index in [1.165, 1.54) is 12.3 Å². The van der Waals surface area contributed by atoms with E-state index >= 15 is 0 Å². The fourth-order valence-electron chi connectivity index (χ4n) is 3.29. The highest BCUT2D eigenvalue weighted by molar-refractivity contribution is 5.91. The second-order valence-corrected chi connectivity index (χ2v) is 6.10. The maximum Gasteiger partial charge on any atom is 0.194 e. The van der Waals surface area contributed by atoms with Crippen molar-refractivity contribution in [3.8, 4) is 0 Å². The van der Waals surface area contributed by atoms with Gasteiger partial charge in [0.25, 0.3) is 0 Å². The van der Waals surface area contributed by atoms with Crippen LogP contribution >= 0.6 is 0 Å². The van der Waals surface area contributed by atoms with Crippen molar-refractivity contribution >= 4 is 22.5 Å². The molecule has 5 heteroatoms. The molecule has 0 spiro atoms.